The monoisotopic (exact) mass is 239 g/mol. The van der Waals surface area contributed by atoms with E-state index in [-0.39, 0.29) is 0 Å². The smallest absolute Gasteiger partial charge is 0.179 e. The molecule has 2 heterocycles. The van der Waals surface area contributed by atoms with E-state index in [0.717, 1.165) is 4.47 Å². The second-order valence-corrected chi connectivity index (χ2v) is 3.34. The van der Waals surface area contributed by atoms with E-state index in [1.54, 1.807) is 12.4 Å². The molecular formula is C7H6BrN5. The van der Waals surface area contributed by atoms with Gasteiger partial charge in [0.05, 0.1) is 16.4 Å². The maximum absolute atomic E-state index is 5.63. The molecule has 0 aliphatic heterocycles. The van der Waals surface area contributed by atoms with Gasteiger partial charge in [-0.05, 0) is 15.9 Å². The number of aromatic nitrogens is 4. The Kier molecular flexibility index (Phi) is 1.97. The third-order valence-electron chi connectivity index (χ3n) is 1.51. The first kappa shape index (κ1) is 8.18. The molecule has 2 aromatic rings. The van der Waals surface area contributed by atoms with Crippen molar-refractivity contribution in [1.82, 2.24) is 20.2 Å². The van der Waals surface area contributed by atoms with E-state index >= 15 is 0 Å². The van der Waals surface area contributed by atoms with E-state index in [4.69, 9.17) is 5.73 Å². The van der Waals surface area contributed by atoms with Crippen LogP contribution >= 0.6 is 15.9 Å². The van der Waals surface area contributed by atoms with Crippen LogP contribution in [0.5, 0.6) is 0 Å². The molecule has 66 valence electrons. The number of rotatable bonds is 1. The summed E-state index contributed by atoms with van der Waals surface area (Å²) >= 11 is 3.25. The van der Waals surface area contributed by atoms with Gasteiger partial charge >= 0.3 is 0 Å². The highest BCUT2D eigenvalue weighted by Gasteiger charge is 2.06. The lowest BCUT2D eigenvalue weighted by Gasteiger charge is -1.96. The van der Waals surface area contributed by atoms with Crippen LogP contribution in [0.15, 0.2) is 23.1 Å². The average molecular weight is 240 g/mol. The van der Waals surface area contributed by atoms with E-state index in [1.807, 2.05) is 0 Å². The maximum Gasteiger partial charge on any atom is 0.179 e. The van der Waals surface area contributed by atoms with Crippen molar-refractivity contribution in [3.63, 3.8) is 0 Å². The van der Waals surface area contributed by atoms with Crippen LogP contribution in [0.2, 0.25) is 0 Å². The molecule has 0 aromatic carbocycles. The van der Waals surface area contributed by atoms with Crippen molar-refractivity contribution in [1.29, 1.82) is 0 Å². The molecule has 0 fully saturated rings. The van der Waals surface area contributed by atoms with Gasteiger partial charge in [-0.1, -0.05) is 0 Å². The number of hydrogen-bond donors (Lipinski definition) is 2. The minimum atomic E-state index is 0.540. The number of H-pyrrole nitrogens is 1. The minimum absolute atomic E-state index is 0.540. The molecule has 5 nitrogen and oxygen atoms in total. The molecule has 0 unspecified atom stereocenters. The summed E-state index contributed by atoms with van der Waals surface area (Å²) in [5.74, 6) is 0.540. The number of halogens is 1. The lowest BCUT2D eigenvalue weighted by molar-refractivity contribution is 1.06. The first-order valence-corrected chi connectivity index (χ1v) is 4.33. The largest absolute Gasteiger partial charge is 0.396 e. The molecule has 0 radical (unpaired) electrons. The molecule has 13 heavy (non-hydrogen) atoms. The lowest BCUT2D eigenvalue weighted by Crippen LogP contribution is -1.92. The third kappa shape index (κ3) is 1.52. The van der Waals surface area contributed by atoms with Crippen LogP contribution in [-0.4, -0.2) is 20.2 Å². The Morgan fingerprint density at radius 1 is 1.23 bits per heavy atom. The van der Waals surface area contributed by atoms with Gasteiger partial charge in [-0.25, -0.2) is 9.97 Å². The van der Waals surface area contributed by atoms with E-state index in [2.05, 4.69) is 36.1 Å². The summed E-state index contributed by atoms with van der Waals surface area (Å²) in [5, 5.41) is 6.50. The SMILES string of the molecule is Nc1cn[nH]c1-c1ncc(Br)cn1. The first-order valence-electron chi connectivity index (χ1n) is 3.54. The normalized spacial score (nSPS) is 10.2. The van der Waals surface area contributed by atoms with Gasteiger partial charge in [-0.3, -0.25) is 5.10 Å². The molecule has 0 saturated carbocycles. The van der Waals surface area contributed by atoms with Crippen molar-refractivity contribution < 1.29 is 0 Å². The van der Waals surface area contributed by atoms with Crippen LogP contribution in [0, 0.1) is 0 Å². The molecule has 6 heteroatoms. The zero-order valence-corrected chi connectivity index (χ0v) is 8.12. The van der Waals surface area contributed by atoms with E-state index < -0.39 is 0 Å². The Labute approximate surface area is 82.5 Å². The number of hydrogen-bond acceptors (Lipinski definition) is 4. The van der Waals surface area contributed by atoms with Crippen molar-refractivity contribution in [2.45, 2.75) is 0 Å². The first-order chi connectivity index (χ1) is 6.27. The molecule has 2 aromatic heterocycles. The number of aromatic amines is 1. The predicted octanol–water partition coefficient (Wildman–Crippen LogP) is 1.21. The number of nitrogens with two attached hydrogens (primary N) is 1. The summed E-state index contributed by atoms with van der Waals surface area (Å²) in [7, 11) is 0. The van der Waals surface area contributed by atoms with E-state index in [0.29, 0.717) is 17.2 Å². The van der Waals surface area contributed by atoms with Gasteiger partial charge in [0.25, 0.3) is 0 Å². The highest BCUT2D eigenvalue weighted by Crippen LogP contribution is 2.18. The maximum atomic E-state index is 5.63. The standard InChI is InChI=1S/C7H6BrN5/c8-4-1-10-7(11-2-4)6-5(9)3-12-13-6/h1-3H,9H2,(H,12,13). The Morgan fingerprint density at radius 2 is 1.92 bits per heavy atom. The summed E-state index contributed by atoms with van der Waals surface area (Å²) in [6, 6.07) is 0. The molecule has 3 N–H and O–H groups in total. The molecule has 0 atom stereocenters. The topological polar surface area (TPSA) is 80.5 Å². The van der Waals surface area contributed by atoms with Crippen molar-refractivity contribution in [3.8, 4) is 11.5 Å². The quantitative estimate of drug-likeness (QED) is 0.784. The lowest BCUT2D eigenvalue weighted by atomic mass is 10.3. The fourth-order valence-electron chi connectivity index (χ4n) is 0.916. The zero-order chi connectivity index (χ0) is 9.26. The number of nitrogens with zero attached hydrogens (tertiary/aromatic N) is 3. The Balaban J connectivity index is 2.47. The molecule has 0 bridgehead atoms. The molecule has 2 rings (SSSR count). The summed E-state index contributed by atoms with van der Waals surface area (Å²) in [6.45, 7) is 0. The predicted molar refractivity (Wildman–Crippen MR) is 51.7 cm³/mol. The molecular weight excluding hydrogens is 234 g/mol. The second kappa shape index (κ2) is 3.14. The highest BCUT2D eigenvalue weighted by atomic mass is 79.9. The van der Waals surface area contributed by atoms with Gasteiger partial charge in [-0.2, -0.15) is 5.10 Å². The van der Waals surface area contributed by atoms with Crippen LogP contribution in [0.1, 0.15) is 0 Å². The Bertz CT molecular complexity index is 407. The molecule has 0 aliphatic carbocycles. The van der Waals surface area contributed by atoms with Crippen molar-refractivity contribution in [2.75, 3.05) is 5.73 Å². The van der Waals surface area contributed by atoms with Crippen LogP contribution in [0.3, 0.4) is 0 Å². The zero-order valence-electron chi connectivity index (χ0n) is 6.53. The van der Waals surface area contributed by atoms with Gasteiger partial charge in [0, 0.05) is 12.4 Å². The average Bonchev–Trinajstić information content (AvgIpc) is 2.53. The summed E-state index contributed by atoms with van der Waals surface area (Å²) in [6.07, 6.45) is 4.84. The van der Waals surface area contributed by atoms with Gasteiger partial charge in [0.15, 0.2) is 5.82 Å². The van der Waals surface area contributed by atoms with Crippen LogP contribution < -0.4 is 5.73 Å². The molecule has 0 spiro atoms. The van der Waals surface area contributed by atoms with Crippen molar-refractivity contribution >= 4 is 21.6 Å². The van der Waals surface area contributed by atoms with Crippen LogP contribution in [0.4, 0.5) is 5.69 Å². The molecule has 0 saturated heterocycles. The summed E-state index contributed by atoms with van der Waals surface area (Å²) < 4.78 is 0.828. The van der Waals surface area contributed by atoms with E-state index in [1.165, 1.54) is 6.20 Å². The summed E-state index contributed by atoms with van der Waals surface area (Å²) in [5.41, 5.74) is 6.81. The van der Waals surface area contributed by atoms with Gasteiger partial charge in [-0.15, -0.1) is 0 Å². The van der Waals surface area contributed by atoms with Crippen molar-refractivity contribution in [3.05, 3.63) is 23.1 Å². The number of nitrogens with one attached hydrogen (secondary N) is 1. The molecule has 0 amide bonds. The molecule has 0 aliphatic rings. The van der Waals surface area contributed by atoms with Crippen LogP contribution in [0.25, 0.3) is 11.5 Å². The Morgan fingerprint density at radius 3 is 2.46 bits per heavy atom. The third-order valence-corrected chi connectivity index (χ3v) is 1.92. The van der Waals surface area contributed by atoms with Gasteiger partial charge < -0.3 is 5.73 Å². The van der Waals surface area contributed by atoms with Gasteiger partial charge in [0.1, 0.15) is 5.69 Å². The van der Waals surface area contributed by atoms with Crippen molar-refractivity contribution in [2.24, 2.45) is 0 Å². The number of nitrogen functional groups attached to an aromatic ring is 1. The fraction of sp³-hybridized carbons (Fsp3) is 0. The van der Waals surface area contributed by atoms with Gasteiger partial charge in [0.2, 0.25) is 0 Å². The highest BCUT2D eigenvalue weighted by molar-refractivity contribution is 9.10. The minimum Gasteiger partial charge on any atom is -0.396 e. The number of anilines is 1. The van der Waals surface area contributed by atoms with E-state index in [9.17, 15) is 0 Å². The fourth-order valence-corrected chi connectivity index (χ4v) is 1.12. The Hall–Kier alpha value is -1.43. The van der Waals surface area contributed by atoms with Crippen LogP contribution in [-0.2, 0) is 0 Å². The summed E-state index contributed by atoms with van der Waals surface area (Å²) in [4.78, 5) is 8.14. The second-order valence-electron chi connectivity index (χ2n) is 2.43.